The summed E-state index contributed by atoms with van der Waals surface area (Å²) in [6, 6.07) is 4.71. The Hall–Kier alpha value is -0.700. The van der Waals surface area contributed by atoms with Crippen LogP contribution in [0.5, 0.6) is 0 Å². The summed E-state index contributed by atoms with van der Waals surface area (Å²) in [6.45, 7) is 0. The minimum atomic E-state index is -0.266. The van der Waals surface area contributed by atoms with Gasteiger partial charge in [0.2, 0.25) is 0 Å². The number of hydrogen-bond donors (Lipinski definition) is 0. The lowest BCUT2D eigenvalue weighted by atomic mass is 9.90. The van der Waals surface area contributed by atoms with Crippen molar-refractivity contribution < 1.29 is 4.39 Å². The highest BCUT2D eigenvalue weighted by Crippen LogP contribution is 2.42. The molecule has 0 fully saturated rings. The molecule has 1 aromatic carbocycles. The van der Waals surface area contributed by atoms with E-state index in [4.69, 9.17) is 34.8 Å². The van der Waals surface area contributed by atoms with Gasteiger partial charge in [-0.25, -0.2) is 4.39 Å². The van der Waals surface area contributed by atoms with E-state index in [0.29, 0.717) is 21.5 Å². The Balaban J connectivity index is 2.45. The zero-order chi connectivity index (χ0) is 14.2. The van der Waals surface area contributed by atoms with Crippen LogP contribution in [0.15, 0.2) is 39.4 Å². The van der Waals surface area contributed by atoms with Crippen LogP contribution in [0, 0.1) is 5.82 Å². The molecule has 0 bridgehead atoms. The standard InChI is InChI=1S/C14H13Cl3FN/c1-19(2)13-7-9(18)3-4-10(13)8-5-11(15)14(17)12(16)6-8/h3-5,7-8H,6H2,1-2H3. The molecule has 0 heterocycles. The van der Waals surface area contributed by atoms with Gasteiger partial charge >= 0.3 is 0 Å². The summed E-state index contributed by atoms with van der Waals surface area (Å²) in [5.41, 5.74) is 1.79. The summed E-state index contributed by atoms with van der Waals surface area (Å²) >= 11 is 18.1. The molecular formula is C14H13Cl3FN. The monoisotopic (exact) mass is 319 g/mol. The normalized spacial score (nSPS) is 19.5. The number of benzene rings is 1. The molecule has 1 unspecified atom stereocenters. The van der Waals surface area contributed by atoms with Gasteiger partial charge < -0.3 is 4.90 Å². The number of nitrogens with zero attached hydrogens (tertiary/aromatic N) is 1. The topological polar surface area (TPSA) is 3.24 Å². The van der Waals surface area contributed by atoms with E-state index in [0.717, 1.165) is 11.3 Å². The quantitative estimate of drug-likeness (QED) is 0.724. The number of rotatable bonds is 2. The fourth-order valence-electron chi connectivity index (χ4n) is 2.14. The van der Waals surface area contributed by atoms with Crippen LogP contribution in [-0.2, 0) is 0 Å². The molecule has 0 aliphatic heterocycles. The van der Waals surface area contributed by atoms with Crippen LogP contribution in [0.2, 0.25) is 0 Å². The summed E-state index contributed by atoms with van der Waals surface area (Å²) in [5, 5.41) is 1.37. The number of anilines is 1. The Labute approximate surface area is 127 Å². The Kier molecular flexibility index (Phi) is 4.44. The fourth-order valence-corrected chi connectivity index (χ4v) is 2.86. The van der Waals surface area contributed by atoms with E-state index in [1.54, 1.807) is 6.07 Å². The van der Waals surface area contributed by atoms with E-state index in [1.807, 2.05) is 25.1 Å². The van der Waals surface area contributed by atoms with Crippen LogP contribution in [-0.4, -0.2) is 14.1 Å². The van der Waals surface area contributed by atoms with Crippen molar-refractivity contribution in [1.29, 1.82) is 0 Å². The smallest absolute Gasteiger partial charge is 0.125 e. The summed E-state index contributed by atoms with van der Waals surface area (Å²) in [4.78, 5) is 1.87. The Bertz CT molecular complexity index is 564. The maximum Gasteiger partial charge on any atom is 0.125 e. The molecule has 0 spiro atoms. The van der Waals surface area contributed by atoms with Gasteiger partial charge in [0.25, 0.3) is 0 Å². The second kappa shape index (κ2) is 5.74. The van der Waals surface area contributed by atoms with E-state index in [1.165, 1.54) is 12.1 Å². The van der Waals surface area contributed by atoms with E-state index in [2.05, 4.69) is 0 Å². The Morgan fingerprint density at radius 3 is 2.47 bits per heavy atom. The molecule has 0 N–H and O–H groups in total. The molecule has 19 heavy (non-hydrogen) atoms. The SMILES string of the molecule is CN(C)c1cc(F)ccc1C1C=C(Cl)C(Cl)=C(Cl)C1. The van der Waals surface area contributed by atoms with Crippen molar-refractivity contribution in [3.8, 4) is 0 Å². The second-order valence-electron chi connectivity index (χ2n) is 4.64. The minimum Gasteiger partial charge on any atom is -0.377 e. The summed E-state index contributed by atoms with van der Waals surface area (Å²) < 4.78 is 13.4. The van der Waals surface area contributed by atoms with Gasteiger partial charge in [-0.2, -0.15) is 0 Å². The van der Waals surface area contributed by atoms with Gasteiger partial charge in [-0.1, -0.05) is 46.9 Å². The third-order valence-corrected chi connectivity index (χ3v) is 4.35. The van der Waals surface area contributed by atoms with Gasteiger partial charge in [-0.15, -0.1) is 0 Å². The molecule has 0 radical (unpaired) electrons. The molecule has 0 aromatic heterocycles. The van der Waals surface area contributed by atoms with E-state index in [9.17, 15) is 4.39 Å². The fraction of sp³-hybridized carbons (Fsp3) is 0.286. The highest BCUT2D eigenvalue weighted by atomic mass is 35.5. The largest absolute Gasteiger partial charge is 0.377 e. The molecule has 0 saturated carbocycles. The lowest BCUT2D eigenvalue weighted by molar-refractivity contribution is 0.626. The summed E-state index contributed by atoms with van der Waals surface area (Å²) in [5.74, 6) is -0.265. The van der Waals surface area contributed by atoms with Gasteiger partial charge in [0, 0.05) is 30.7 Å². The average Bonchev–Trinajstić information content (AvgIpc) is 2.35. The van der Waals surface area contributed by atoms with Gasteiger partial charge in [0.05, 0.1) is 10.1 Å². The molecule has 1 atom stereocenters. The maximum absolute atomic E-state index is 13.4. The van der Waals surface area contributed by atoms with Crippen molar-refractivity contribution in [2.24, 2.45) is 0 Å². The molecule has 5 heteroatoms. The number of halogens is 4. The molecule has 0 amide bonds. The van der Waals surface area contributed by atoms with Crippen LogP contribution in [0.25, 0.3) is 0 Å². The molecule has 102 valence electrons. The lowest BCUT2D eigenvalue weighted by Crippen LogP contribution is -2.14. The zero-order valence-corrected chi connectivity index (χ0v) is 12.8. The lowest BCUT2D eigenvalue weighted by Gasteiger charge is -2.25. The van der Waals surface area contributed by atoms with Crippen molar-refractivity contribution in [3.05, 3.63) is 50.8 Å². The van der Waals surface area contributed by atoms with Gasteiger partial charge in [-0.05, 0) is 24.1 Å². The van der Waals surface area contributed by atoms with Crippen LogP contribution >= 0.6 is 34.8 Å². The summed E-state index contributed by atoms with van der Waals surface area (Å²) in [7, 11) is 3.74. The minimum absolute atomic E-state index is 0.000463. The first kappa shape index (κ1) is 14.7. The van der Waals surface area contributed by atoms with Crippen molar-refractivity contribution in [3.63, 3.8) is 0 Å². The molecule has 1 aromatic rings. The van der Waals surface area contributed by atoms with Crippen LogP contribution in [0.3, 0.4) is 0 Å². The highest BCUT2D eigenvalue weighted by molar-refractivity contribution is 6.48. The first-order valence-electron chi connectivity index (χ1n) is 5.78. The van der Waals surface area contributed by atoms with Crippen LogP contribution in [0.1, 0.15) is 17.9 Å². The number of hydrogen-bond acceptors (Lipinski definition) is 1. The molecule has 2 rings (SSSR count). The third-order valence-electron chi connectivity index (χ3n) is 3.07. The second-order valence-corrected chi connectivity index (χ2v) is 5.88. The predicted molar refractivity (Wildman–Crippen MR) is 80.8 cm³/mol. The van der Waals surface area contributed by atoms with Crippen molar-refractivity contribution in [2.45, 2.75) is 12.3 Å². The number of allylic oxidation sites excluding steroid dienone is 4. The van der Waals surface area contributed by atoms with Crippen molar-refractivity contribution in [2.75, 3.05) is 19.0 Å². The Morgan fingerprint density at radius 1 is 1.21 bits per heavy atom. The van der Waals surface area contributed by atoms with E-state index in [-0.39, 0.29) is 11.7 Å². The van der Waals surface area contributed by atoms with Crippen LogP contribution in [0.4, 0.5) is 10.1 Å². The predicted octanol–water partition coefficient (Wildman–Crippen LogP) is 5.19. The Morgan fingerprint density at radius 2 is 1.89 bits per heavy atom. The zero-order valence-electron chi connectivity index (χ0n) is 10.6. The molecule has 1 aliphatic rings. The van der Waals surface area contributed by atoms with E-state index >= 15 is 0 Å². The maximum atomic E-state index is 13.4. The van der Waals surface area contributed by atoms with E-state index < -0.39 is 0 Å². The van der Waals surface area contributed by atoms with Gasteiger partial charge in [-0.3, -0.25) is 0 Å². The van der Waals surface area contributed by atoms with Crippen LogP contribution < -0.4 is 4.90 Å². The van der Waals surface area contributed by atoms with Gasteiger partial charge in [0.1, 0.15) is 5.82 Å². The van der Waals surface area contributed by atoms with Crippen molar-refractivity contribution >= 4 is 40.5 Å². The first-order chi connectivity index (χ1) is 8.90. The first-order valence-corrected chi connectivity index (χ1v) is 6.92. The molecule has 1 nitrogen and oxygen atoms in total. The molecule has 1 aliphatic carbocycles. The molecule has 0 saturated heterocycles. The average molecular weight is 321 g/mol. The molecular weight excluding hydrogens is 308 g/mol. The third kappa shape index (κ3) is 3.07. The summed E-state index contributed by atoms with van der Waals surface area (Å²) in [6.07, 6.45) is 2.43. The highest BCUT2D eigenvalue weighted by Gasteiger charge is 2.23. The van der Waals surface area contributed by atoms with Crippen molar-refractivity contribution in [1.82, 2.24) is 0 Å². The van der Waals surface area contributed by atoms with Gasteiger partial charge in [0.15, 0.2) is 0 Å².